The molecule has 2 rings (SSSR count). The maximum Gasteiger partial charge on any atom is 0.127 e. The molecule has 0 unspecified atom stereocenters. The number of fused-ring (bicyclic) bond motifs is 1. The lowest BCUT2D eigenvalue weighted by molar-refractivity contribution is 0.340. The Bertz CT molecular complexity index is 548. The average Bonchev–Trinajstić information content (AvgIpc) is 2.40. The Kier molecular flexibility index (Phi) is 4.78. The third kappa shape index (κ3) is 3.46. The van der Waals surface area contributed by atoms with Crippen molar-refractivity contribution in [2.45, 2.75) is 39.5 Å². The van der Waals surface area contributed by atoms with Gasteiger partial charge in [0, 0.05) is 0 Å². The monoisotopic (exact) mass is 260 g/mol. The largest absolute Gasteiger partial charge is 0.494 e. The van der Waals surface area contributed by atoms with Gasteiger partial charge in [0.15, 0.2) is 0 Å². The Labute approximate surface area is 114 Å². The first-order valence-corrected chi connectivity index (χ1v) is 7.09. The number of rotatable bonds is 6. The van der Waals surface area contributed by atoms with E-state index in [1.54, 1.807) is 6.07 Å². The smallest absolute Gasteiger partial charge is 0.127 e. The van der Waals surface area contributed by atoms with E-state index in [0.29, 0.717) is 6.61 Å². The maximum absolute atomic E-state index is 14.0. The van der Waals surface area contributed by atoms with Crippen LogP contribution >= 0.6 is 0 Å². The molecule has 0 aliphatic heterocycles. The zero-order chi connectivity index (χ0) is 13.7. The molecule has 2 heteroatoms. The Morgan fingerprint density at radius 3 is 2.58 bits per heavy atom. The molecule has 2 aromatic carbocycles. The number of hydrogen-bond donors (Lipinski definition) is 0. The predicted molar refractivity (Wildman–Crippen MR) is 78.3 cm³/mol. The van der Waals surface area contributed by atoms with E-state index in [4.69, 9.17) is 4.74 Å². The topological polar surface area (TPSA) is 9.23 Å². The van der Waals surface area contributed by atoms with E-state index in [2.05, 4.69) is 6.92 Å². The summed E-state index contributed by atoms with van der Waals surface area (Å²) in [6, 6.07) is 9.44. The maximum atomic E-state index is 14.0. The summed E-state index contributed by atoms with van der Waals surface area (Å²) in [4.78, 5) is 0. The van der Waals surface area contributed by atoms with Crippen LogP contribution < -0.4 is 4.74 Å². The second-order valence-electron chi connectivity index (χ2n) is 4.84. The molecule has 0 radical (unpaired) electrons. The number of benzene rings is 2. The third-order valence-corrected chi connectivity index (χ3v) is 3.34. The predicted octanol–water partition coefficient (Wildman–Crippen LogP) is 5.11. The van der Waals surface area contributed by atoms with Gasteiger partial charge in [0.1, 0.15) is 11.6 Å². The van der Waals surface area contributed by atoms with Crippen molar-refractivity contribution in [2.75, 3.05) is 6.61 Å². The van der Waals surface area contributed by atoms with Gasteiger partial charge in [-0.2, -0.15) is 0 Å². The molecule has 2 aromatic rings. The van der Waals surface area contributed by atoms with Gasteiger partial charge in [-0.05, 0) is 60.4 Å². The van der Waals surface area contributed by atoms with Crippen molar-refractivity contribution in [2.24, 2.45) is 0 Å². The normalized spacial score (nSPS) is 10.9. The van der Waals surface area contributed by atoms with Crippen LogP contribution in [0.15, 0.2) is 30.3 Å². The molecule has 0 heterocycles. The molecule has 0 N–H and O–H groups in total. The standard InChI is InChI=1S/C17H21FO/c1-3-5-6-7-14-10-13-8-9-16(19-4-2)11-15(13)12-17(14)18/h8-12H,3-7H2,1-2H3. The van der Waals surface area contributed by atoms with Crippen LogP contribution in [0.25, 0.3) is 10.8 Å². The second-order valence-corrected chi connectivity index (χ2v) is 4.84. The van der Waals surface area contributed by atoms with Crippen molar-refractivity contribution in [1.29, 1.82) is 0 Å². The zero-order valence-electron chi connectivity index (χ0n) is 11.7. The van der Waals surface area contributed by atoms with Crippen LogP contribution in [0, 0.1) is 5.82 Å². The Balaban J connectivity index is 2.27. The van der Waals surface area contributed by atoms with Gasteiger partial charge in [-0.15, -0.1) is 0 Å². The number of ether oxygens (including phenoxy) is 1. The summed E-state index contributed by atoms with van der Waals surface area (Å²) < 4.78 is 19.5. The van der Waals surface area contributed by atoms with Crippen molar-refractivity contribution in [1.82, 2.24) is 0 Å². The molecule has 0 spiro atoms. The van der Waals surface area contributed by atoms with Crippen LogP contribution in [0.3, 0.4) is 0 Å². The van der Waals surface area contributed by atoms with E-state index < -0.39 is 0 Å². The lowest BCUT2D eigenvalue weighted by atomic mass is 10.0. The summed E-state index contributed by atoms with van der Waals surface area (Å²) in [5, 5.41) is 1.99. The molecule has 0 atom stereocenters. The van der Waals surface area contributed by atoms with E-state index in [1.165, 1.54) is 0 Å². The molecule has 0 bridgehead atoms. The van der Waals surface area contributed by atoms with Gasteiger partial charge in [-0.1, -0.05) is 25.8 Å². The summed E-state index contributed by atoms with van der Waals surface area (Å²) in [7, 11) is 0. The number of halogens is 1. The Hall–Kier alpha value is -1.57. The summed E-state index contributed by atoms with van der Waals surface area (Å²) >= 11 is 0. The summed E-state index contributed by atoms with van der Waals surface area (Å²) in [5.74, 6) is 0.699. The van der Waals surface area contributed by atoms with E-state index in [1.807, 2.05) is 31.2 Å². The molecular formula is C17H21FO. The van der Waals surface area contributed by atoms with Gasteiger partial charge in [0.2, 0.25) is 0 Å². The fourth-order valence-corrected chi connectivity index (χ4v) is 2.31. The van der Waals surface area contributed by atoms with Gasteiger partial charge in [0.25, 0.3) is 0 Å². The van der Waals surface area contributed by atoms with Crippen LogP contribution in [-0.4, -0.2) is 6.61 Å². The van der Waals surface area contributed by atoms with Gasteiger partial charge in [-0.25, -0.2) is 4.39 Å². The minimum atomic E-state index is -0.0998. The molecule has 0 aromatic heterocycles. The fraction of sp³-hybridized carbons (Fsp3) is 0.412. The minimum absolute atomic E-state index is 0.0998. The molecule has 0 saturated carbocycles. The van der Waals surface area contributed by atoms with E-state index >= 15 is 0 Å². The number of unbranched alkanes of at least 4 members (excludes halogenated alkanes) is 2. The molecule has 102 valence electrons. The summed E-state index contributed by atoms with van der Waals surface area (Å²) in [5.41, 5.74) is 0.824. The Morgan fingerprint density at radius 2 is 1.84 bits per heavy atom. The van der Waals surface area contributed by atoms with Crippen molar-refractivity contribution < 1.29 is 9.13 Å². The van der Waals surface area contributed by atoms with Crippen molar-refractivity contribution in [3.63, 3.8) is 0 Å². The molecule has 0 aliphatic carbocycles. The third-order valence-electron chi connectivity index (χ3n) is 3.34. The first-order valence-electron chi connectivity index (χ1n) is 7.09. The quantitative estimate of drug-likeness (QED) is 0.656. The van der Waals surface area contributed by atoms with Crippen LogP contribution in [0.4, 0.5) is 4.39 Å². The molecule has 0 saturated heterocycles. The zero-order valence-corrected chi connectivity index (χ0v) is 11.7. The van der Waals surface area contributed by atoms with Gasteiger partial charge in [0.05, 0.1) is 6.61 Å². The van der Waals surface area contributed by atoms with E-state index in [-0.39, 0.29) is 5.82 Å². The van der Waals surface area contributed by atoms with Crippen LogP contribution in [-0.2, 0) is 6.42 Å². The number of aryl methyl sites for hydroxylation is 1. The molecule has 0 aliphatic rings. The highest BCUT2D eigenvalue weighted by atomic mass is 19.1. The van der Waals surface area contributed by atoms with Crippen LogP contribution in [0.5, 0.6) is 5.75 Å². The Morgan fingerprint density at radius 1 is 1.00 bits per heavy atom. The highest BCUT2D eigenvalue weighted by molar-refractivity contribution is 5.84. The highest BCUT2D eigenvalue weighted by Crippen LogP contribution is 2.25. The highest BCUT2D eigenvalue weighted by Gasteiger charge is 2.05. The SMILES string of the molecule is CCCCCc1cc2ccc(OCC)cc2cc1F. The fourth-order valence-electron chi connectivity index (χ4n) is 2.31. The molecule has 19 heavy (non-hydrogen) atoms. The van der Waals surface area contributed by atoms with Gasteiger partial charge >= 0.3 is 0 Å². The van der Waals surface area contributed by atoms with Crippen molar-refractivity contribution in [3.8, 4) is 5.75 Å². The van der Waals surface area contributed by atoms with E-state index in [9.17, 15) is 4.39 Å². The lowest BCUT2D eigenvalue weighted by Crippen LogP contribution is -1.93. The van der Waals surface area contributed by atoms with Crippen molar-refractivity contribution in [3.05, 3.63) is 41.7 Å². The molecule has 0 amide bonds. The minimum Gasteiger partial charge on any atom is -0.494 e. The van der Waals surface area contributed by atoms with E-state index in [0.717, 1.165) is 47.8 Å². The molecule has 1 nitrogen and oxygen atoms in total. The van der Waals surface area contributed by atoms with Gasteiger partial charge in [-0.3, -0.25) is 0 Å². The molecule has 0 fully saturated rings. The molecular weight excluding hydrogens is 239 g/mol. The van der Waals surface area contributed by atoms with Gasteiger partial charge < -0.3 is 4.74 Å². The van der Waals surface area contributed by atoms with Crippen molar-refractivity contribution >= 4 is 10.8 Å². The summed E-state index contributed by atoms with van der Waals surface area (Å²) in [6.07, 6.45) is 4.19. The van der Waals surface area contributed by atoms with Crippen LogP contribution in [0.2, 0.25) is 0 Å². The summed E-state index contributed by atoms with van der Waals surface area (Å²) in [6.45, 7) is 4.73. The lowest BCUT2D eigenvalue weighted by Gasteiger charge is -2.08. The first kappa shape index (κ1) is 13.9. The number of hydrogen-bond acceptors (Lipinski definition) is 1. The van der Waals surface area contributed by atoms with Crippen LogP contribution in [0.1, 0.15) is 38.7 Å². The average molecular weight is 260 g/mol. The second kappa shape index (κ2) is 6.55. The first-order chi connectivity index (χ1) is 9.24.